The molecule has 2 nitrogen and oxygen atoms in total. The van der Waals surface area contributed by atoms with Gasteiger partial charge < -0.3 is 0 Å². The number of rotatable bonds is 4. The maximum absolute atomic E-state index is 13.8. The first-order valence-corrected chi connectivity index (χ1v) is 7.66. The molecule has 19 heavy (non-hydrogen) atoms. The average molecular weight is 364 g/mol. The molecule has 0 aliphatic heterocycles. The van der Waals surface area contributed by atoms with Crippen molar-refractivity contribution in [3.63, 3.8) is 0 Å². The van der Waals surface area contributed by atoms with Crippen LogP contribution in [0.1, 0.15) is 22.0 Å². The molecule has 3 N–H and O–H groups in total. The van der Waals surface area contributed by atoms with Crippen LogP contribution < -0.4 is 11.3 Å². The molecule has 0 radical (unpaired) electrons. The van der Waals surface area contributed by atoms with E-state index in [4.69, 9.17) is 17.4 Å². The van der Waals surface area contributed by atoms with Crippen molar-refractivity contribution >= 4 is 38.9 Å². The van der Waals surface area contributed by atoms with Crippen LogP contribution >= 0.6 is 38.9 Å². The SMILES string of the molecule is Cc1cc(C(Cc2c(F)cccc2Cl)NN)sc1Br. The molecule has 2 rings (SSSR count). The number of aryl methyl sites for hydroxylation is 1. The molecule has 0 bridgehead atoms. The Bertz CT molecular complexity index is 548. The lowest BCUT2D eigenvalue weighted by molar-refractivity contribution is 0.535. The molecule has 1 unspecified atom stereocenters. The minimum absolute atomic E-state index is 0.163. The van der Waals surface area contributed by atoms with E-state index in [2.05, 4.69) is 21.4 Å². The lowest BCUT2D eigenvalue weighted by atomic mass is 10.0. The van der Waals surface area contributed by atoms with Gasteiger partial charge in [-0.1, -0.05) is 17.7 Å². The second kappa shape index (κ2) is 6.33. The highest BCUT2D eigenvalue weighted by molar-refractivity contribution is 9.11. The second-order valence-corrected chi connectivity index (χ2v) is 7.04. The lowest BCUT2D eigenvalue weighted by Gasteiger charge is -2.15. The van der Waals surface area contributed by atoms with E-state index in [0.29, 0.717) is 17.0 Å². The normalized spacial score (nSPS) is 12.7. The summed E-state index contributed by atoms with van der Waals surface area (Å²) in [4.78, 5) is 1.05. The van der Waals surface area contributed by atoms with Gasteiger partial charge in [-0.15, -0.1) is 11.3 Å². The van der Waals surface area contributed by atoms with Crippen LogP contribution in [0.15, 0.2) is 28.1 Å². The van der Waals surface area contributed by atoms with Crippen LogP contribution in [0.2, 0.25) is 5.02 Å². The minimum atomic E-state index is -0.305. The number of hydrazine groups is 1. The monoisotopic (exact) mass is 362 g/mol. The molecule has 0 spiro atoms. The van der Waals surface area contributed by atoms with E-state index in [1.165, 1.54) is 6.07 Å². The third-order valence-corrected chi connectivity index (χ3v) is 5.50. The molecule has 0 amide bonds. The van der Waals surface area contributed by atoms with Crippen molar-refractivity contribution in [2.45, 2.75) is 19.4 Å². The summed E-state index contributed by atoms with van der Waals surface area (Å²) < 4.78 is 14.8. The summed E-state index contributed by atoms with van der Waals surface area (Å²) in [6, 6.07) is 6.56. The predicted molar refractivity (Wildman–Crippen MR) is 81.9 cm³/mol. The lowest BCUT2D eigenvalue weighted by Crippen LogP contribution is -2.29. The molecule has 1 aromatic heterocycles. The number of benzene rings is 1. The predicted octanol–water partition coefficient (Wildman–Crippen LogP) is 4.36. The van der Waals surface area contributed by atoms with Crippen LogP contribution in [0.4, 0.5) is 4.39 Å². The summed E-state index contributed by atoms with van der Waals surface area (Å²) >= 11 is 11.1. The van der Waals surface area contributed by atoms with Crippen molar-refractivity contribution in [3.05, 3.63) is 54.9 Å². The van der Waals surface area contributed by atoms with E-state index in [1.54, 1.807) is 23.5 Å². The van der Waals surface area contributed by atoms with Gasteiger partial charge in [0.15, 0.2) is 0 Å². The van der Waals surface area contributed by atoms with Crippen molar-refractivity contribution < 1.29 is 4.39 Å². The van der Waals surface area contributed by atoms with Crippen molar-refractivity contribution in [1.29, 1.82) is 0 Å². The molecule has 0 fully saturated rings. The molecule has 1 atom stereocenters. The number of halogens is 3. The molecule has 0 aliphatic carbocycles. The first-order chi connectivity index (χ1) is 9.02. The fraction of sp³-hybridized carbons (Fsp3) is 0.231. The summed E-state index contributed by atoms with van der Waals surface area (Å²) in [7, 11) is 0. The van der Waals surface area contributed by atoms with Crippen LogP contribution in [0.25, 0.3) is 0 Å². The third kappa shape index (κ3) is 3.35. The van der Waals surface area contributed by atoms with Gasteiger partial charge in [0.25, 0.3) is 0 Å². The van der Waals surface area contributed by atoms with Crippen LogP contribution in [0.3, 0.4) is 0 Å². The number of hydrogen-bond donors (Lipinski definition) is 2. The van der Waals surface area contributed by atoms with Gasteiger partial charge in [-0.05, 0) is 53.0 Å². The standard InChI is InChI=1S/C13H13BrClFN2S/c1-7-5-12(19-13(7)14)11(18-17)6-8-9(15)3-2-4-10(8)16/h2-5,11,18H,6,17H2,1H3. The van der Waals surface area contributed by atoms with Crippen molar-refractivity contribution in [2.24, 2.45) is 5.84 Å². The van der Waals surface area contributed by atoms with Gasteiger partial charge in [0.2, 0.25) is 0 Å². The van der Waals surface area contributed by atoms with E-state index < -0.39 is 0 Å². The van der Waals surface area contributed by atoms with E-state index in [-0.39, 0.29) is 11.9 Å². The number of thiophene rings is 1. The largest absolute Gasteiger partial charge is 0.271 e. The Hall–Kier alpha value is -0.460. The molecular formula is C13H13BrClFN2S. The molecule has 0 saturated heterocycles. The maximum atomic E-state index is 13.8. The van der Waals surface area contributed by atoms with Gasteiger partial charge in [-0.2, -0.15) is 0 Å². The molecule has 0 saturated carbocycles. The Labute approximate surface area is 128 Å². The van der Waals surface area contributed by atoms with Gasteiger partial charge in [0, 0.05) is 15.5 Å². The van der Waals surface area contributed by atoms with E-state index in [1.807, 2.05) is 13.0 Å². The van der Waals surface area contributed by atoms with Gasteiger partial charge in [0.05, 0.1) is 9.83 Å². The summed E-state index contributed by atoms with van der Waals surface area (Å²) in [5, 5.41) is 0.424. The summed E-state index contributed by atoms with van der Waals surface area (Å²) in [5.41, 5.74) is 4.35. The Morgan fingerprint density at radius 3 is 2.79 bits per heavy atom. The molecule has 102 valence electrons. The Morgan fingerprint density at radius 2 is 2.26 bits per heavy atom. The fourth-order valence-electron chi connectivity index (χ4n) is 1.83. The van der Waals surface area contributed by atoms with Crippen molar-refractivity contribution in [3.8, 4) is 0 Å². The van der Waals surface area contributed by atoms with Crippen LogP contribution in [0.5, 0.6) is 0 Å². The number of nitrogens with two attached hydrogens (primary N) is 1. The number of nitrogens with one attached hydrogen (secondary N) is 1. The zero-order chi connectivity index (χ0) is 14.0. The molecule has 1 aromatic carbocycles. The highest BCUT2D eigenvalue weighted by Crippen LogP contribution is 2.33. The Balaban J connectivity index is 2.29. The van der Waals surface area contributed by atoms with Crippen LogP contribution in [-0.2, 0) is 6.42 Å². The third-order valence-electron chi connectivity index (χ3n) is 2.89. The molecule has 1 heterocycles. The molecule has 2 aromatic rings. The van der Waals surface area contributed by atoms with E-state index in [9.17, 15) is 4.39 Å². The van der Waals surface area contributed by atoms with Gasteiger partial charge in [-0.25, -0.2) is 4.39 Å². The van der Waals surface area contributed by atoms with Crippen LogP contribution in [-0.4, -0.2) is 0 Å². The molecule has 6 heteroatoms. The van der Waals surface area contributed by atoms with E-state index in [0.717, 1.165) is 14.2 Å². The summed E-state index contributed by atoms with van der Waals surface area (Å²) in [5.74, 6) is 5.28. The first-order valence-electron chi connectivity index (χ1n) is 5.67. The number of hydrogen-bond acceptors (Lipinski definition) is 3. The van der Waals surface area contributed by atoms with Gasteiger partial charge in [-0.3, -0.25) is 11.3 Å². The maximum Gasteiger partial charge on any atom is 0.127 e. The van der Waals surface area contributed by atoms with Gasteiger partial charge in [0.1, 0.15) is 5.82 Å². The fourth-order valence-corrected chi connectivity index (χ4v) is 3.70. The quantitative estimate of drug-likeness (QED) is 0.626. The van der Waals surface area contributed by atoms with Gasteiger partial charge >= 0.3 is 0 Å². The molecule has 0 aliphatic rings. The average Bonchev–Trinajstić information content (AvgIpc) is 2.69. The first kappa shape index (κ1) is 14.9. The zero-order valence-corrected chi connectivity index (χ0v) is 13.4. The van der Waals surface area contributed by atoms with Crippen molar-refractivity contribution in [1.82, 2.24) is 5.43 Å². The van der Waals surface area contributed by atoms with Crippen molar-refractivity contribution in [2.75, 3.05) is 0 Å². The topological polar surface area (TPSA) is 38.0 Å². The minimum Gasteiger partial charge on any atom is -0.271 e. The molecular weight excluding hydrogens is 351 g/mol. The Kier molecular flexibility index (Phi) is 4.97. The second-order valence-electron chi connectivity index (χ2n) is 4.23. The summed E-state index contributed by atoms with van der Waals surface area (Å²) in [6.07, 6.45) is 0.411. The van der Waals surface area contributed by atoms with Crippen LogP contribution in [0, 0.1) is 12.7 Å². The van der Waals surface area contributed by atoms with E-state index >= 15 is 0 Å². The zero-order valence-electron chi connectivity index (χ0n) is 10.2. The smallest absolute Gasteiger partial charge is 0.127 e. The summed E-state index contributed by atoms with van der Waals surface area (Å²) in [6.45, 7) is 2.01. The highest BCUT2D eigenvalue weighted by atomic mass is 79.9. The highest BCUT2D eigenvalue weighted by Gasteiger charge is 2.18. The Morgan fingerprint density at radius 1 is 1.53 bits per heavy atom.